The highest BCUT2D eigenvalue weighted by atomic mass is 19.4. The summed E-state index contributed by atoms with van der Waals surface area (Å²) in [4.78, 5) is 24.8. The van der Waals surface area contributed by atoms with Crippen molar-refractivity contribution in [2.24, 2.45) is 0 Å². The van der Waals surface area contributed by atoms with Crippen molar-refractivity contribution in [3.8, 4) is 0 Å². The summed E-state index contributed by atoms with van der Waals surface area (Å²) in [6, 6.07) is 10.8. The molecule has 0 atom stereocenters. The maximum Gasteiger partial charge on any atom is 0.416 e. The Kier molecular flexibility index (Phi) is 12.4. The molecule has 0 aliphatic heterocycles. The van der Waals surface area contributed by atoms with E-state index in [4.69, 9.17) is 0 Å². The molecule has 2 rings (SSSR count). The van der Waals surface area contributed by atoms with Gasteiger partial charge in [0.1, 0.15) is 0 Å². The Morgan fingerprint density at radius 1 is 0.714 bits per heavy atom. The van der Waals surface area contributed by atoms with Crippen LogP contribution in [0.3, 0.4) is 0 Å². The van der Waals surface area contributed by atoms with Crippen molar-refractivity contribution in [3.63, 3.8) is 0 Å². The highest BCUT2D eigenvalue weighted by Gasteiger charge is 2.30. The lowest BCUT2D eigenvalue weighted by Gasteiger charge is -2.11. The van der Waals surface area contributed by atoms with Gasteiger partial charge in [0.25, 0.3) is 5.91 Å². The van der Waals surface area contributed by atoms with Crippen LogP contribution in [0.2, 0.25) is 0 Å². The number of hydrogen-bond donors (Lipinski definition) is 2. The Balaban J connectivity index is 1.70. The summed E-state index contributed by atoms with van der Waals surface area (Å²) in [5, 5.41) is 5.27. The van der Waals surface area contributed by atoms with Crippen LogP contribution in [0, 0.1) is 0 Å². The highest BCUT2D eigenvalue weighted by molar-refractivity contribution is 6.05. The molecule has 2 aromatic carbocycles. The van der Waals surface area contributed by atoms with Gasteiger partial charge in [0.05, 0.1) is 5.56 Å². The van der Waals surface area contributed by atoms with Gasteiger partial charge in [0.15, 0.2) is 0 Å². The minimum Gasteiger partial charge on any atom is -0.326 e. The number of alkyl halides is 3. The summed E-state index contributed by atoms with van der Waals surface area (Å²) in [5.74, 6) is -0.665. The molecule has 0 aliphatic carbocycles. The lowest BCUT2D eigenvalue weighted by atomic mass is 10.1. The Morgan fingerprint density at radius 3 is 1.86 bits per heavy atom. The molecule has 2 amide bonds. The van der Waals surface area contributed by atoms with Crippen LogP contribution in [0.5, 0.6) is 0 Å². The first kappa shape index (κ1) is 28.4. The summed E-state index contributed by atoms with van der Waals surface area (Å²) < 4.78 is 38.6. The van der Waals surface area contributed by atoms with E-state index in [9.17, 15) is 22.8 Å². The molecule has 7 heteroatoms. The molecule has 0 aliphatic rings. The van der Waals surface area contributed by atoms with E-state index in [1.165, 1.54) is 69.6 Å². The average molecular weight is 491 g/mol. The summed E-state index contributed by atoms with van der Waals surface area (Å²) in [5.41, 5.74) is -0.0563. The molecule has 2 aromatic rings. The zero-order valence-electron chi connectivity index (χ0n) is 20.6. The molecule has 2 N–H and O–H groups in total. The Morgan fingerprint density at radius 2 is 1.26 bits per heavy atom. The number of nitrogens with one attached hydrogen (secondary N) is 2. The van der Waals surface area contributed by atoms with E-state index in [-0.39, 0.29) is 17.2 Å². The molecular formula is C28H37F3N2O2. The minimum atomic E-state index is -4.49. The molecule has 35 heavy (non-hydrogen) atoms. The standard InChI is InChI=1S/C28H37F3N2O2/c1-2-3-4-5-6-7-8-9-10-11-12-19-26(34)32-24-17-13-15-22(20-24)27(35)33-25-18-14-16-23(21-25)28(29,30)31/h13-18,20-21H,2-12,19H2,1H3,(H,32,34)(H,33,35). The van der Waals surface area contributed by atoms with Crippen molar-refractivity contribution in [2.45, 2.75) is 90.1 Å². The Bertz CT molecular complexity index is 928. The summed E-state index contributed by atoms with van der Waals surface area (Å²) in [7, 11) is 0. The molecule has 192 valence electrons. The SMILES string of the molecule is CCCCCCCCCCCCCC(=O)Nc1cccc(C(=O)Nc2cccc(C(F)(F)F)c2)c1. The average Bonchev–Trinajstić information content (AvgIpc) is 2.82. The number of carbonyl (C=O) groups excluding carboxylic acids is 2. The molecule has 0 saturated carbocycles. The molecule has 0 spiro atoms. The second-order valence-corrected chi connectivity index (χ2v) is 8.95. The highest BCUT2D eigenvalue weighted by Crippen LogP contribution is 2.30. The third-order valence-electron chi connectivity index (χ3n) is 5.86. The first-order valence-electron chi connectivity index (χ1n) is 12.7. The number of unbranched alkanes of at least 4 members (excludes halogenated alkanes) is 10. The van der Waals surface area contributed by atoms with Gasteiger partial charge in [-0.3, -0.25) is 9.59 Å². The normalized spacial score (nSPS) is 11.3. The number of halogens is 3. The number of carbonyl (C=O) groups is 2. The first-order valence-corrected chi connectivity index (χ1v) is 12.7. The van der Waals surface area contributed by atoms with E-state index in [0.29, 0.717) is 12.1 Å². The van der Waals surface area contributed by atoms with Crippen LogP contribution in [0.4, 0.5) is 24.5 Å². The van der Waals surface area contributed by atoms with E-state index >= 15 is 0 Å². The van der Waals surface area contributed by atoms with Crippen molar-refractivity contribution >= 4 is 23.2 Å². The number of anilines is 2. The monoisotopic (exact) mass is 490 g/mol. The quantitative estimate of drug-likeness (QED) is 0.246. The third kappa shape index (κ3) is 11.4. The van der Waals surface area contributed by atoms with Crippen LogP contribution in [0.15, 0.2) is 48.5 Å². The summed E-state index contributed by atoms with van der Waals surface area (Å²) in [6.45, 7) is 2.23. The van der Waals surface area contributed by atoms with E-state index in [0.717, 1.165) is 31.4 Å². The van der Waals surface area contributed by atoms with Crippen molar-refractivity contribution < 1.29 is 22.8 Å². The van der Waals surface area contributed by atoms with E-state index < -0.39 is 17.6 Å². The lowest BCUT2D eigenvalue weighted by Crippen LogP contribution is -2.15. The van der Waals surface area contributed by atoms with Crippen LogP contribution < -0.4 is 10.6 Å². The van der Waals surface area contributed by atoms with Crippen LogP contribution in [-0.2, 0) is 11.0 Å². The zero-order chi connectivity index (χ0) is 25.5. The topological polar surface area (TPSA) is 58.2 Å². The van der Waals surface area contributed by atoms with E-state index in [1.807, 2.05) is 0 Å². The van der Waals surface area contributed by atoms with Gasteiger partial charge in [-0.05, 0) is 42.8 Å². The van der Waals surface area contributed by atoms with E-state index in [2.05, 4.69) is 17.6 Å². The predicted molar refractivity (Wildman–Crippen MR) is 136 cm³/mol. The second kappa shape index (κ2) is 15.2. The largest absolute Gasteiger partial charge is 0.416 e. The fourth-order valence-electron chi connectivity index (χ4n) is 3.89. The molecule has 0 heterocycles. The van der Waals surface area contributed by atoms with Crippen molar-refractivity contribution in [1.82, 2.24) is 0 Å². The molecule has 0 bridgehead atoms. The van der Waals surface area contributed by atoms with Gasteiger partial charge in [-0.25, -0.2) is 0 Å². The molecule has 4 nitrogen and oxygen atoms in total. The first-order chi connectivity index (χ1) is 16.8. The van der Waals surface area contributed by atoms with Gasteiger partial charge in [-0.1, -0.05) is 83.3 Å². The maximum absolute atomic E-state index is 12.9. The Hall–Kier alpha value is -2.83. The number of rotatable bonds is 15. The van der Waals surface area contributed by atoms with Crippen LogP contribution >= 0.6 is 0 Å². The van der Waals surface area contributed by atoms with Crippen molar-refractivity contribution in [2.75, 3.05) is 10.6 Å². The maximum atomic E-state index is 12.9. The van der Waals surface area contributed by atoms with Gasteiger partial charge in [-0.2, -0.15) is 13.2 Å². The van der Waals surface area contributed by atoms with Gasteiger partial charge in [-0.15, -0.1) is 0 Å². The fraction of sp³-hybridized carbons (Fsp3) is 0.500. The lowest BCUT2D eigenvalue weighted by molar-refractivity contribution is -0.137. The molecule has 0 radical (unpaired) electrons. The molecule has 0 unspecified atom stereocenters. The molecule has 0 saturated heterocycles. The second-order valence-electron chi connectivity index (χ2n) is 8.95. The zero-order valence-corrected chi connectivity index (χ0v) is 20.6. The van der Waals surface area contributed by atoms with Gasteiger partial charge >= 0.3 is 6.18 Å². The van der Waals surface area contributed by atoms with Crippen molar-refractivity contribution in [1.29, 1.82) is 0 Å². The minimum absolute atomic E-state index is 0.0516. The smallest absolute Gasteiger partial charge is 0.326 e. The number of benzene rings is 2. The van der Waals surface area contributed by atoms with Crippen LogP contribution in [-0.4, -0.2) is 11.8 Å². The summed E-state index contributed by atoms with van der Waals surface area (Å²) in [6.07, 6.45) is 9.26. The summed E-state index contributed by atoms with van der Waals surface area (Å²) >= 11 is 0. The number of amides is 2. The third-order valence-corrected chi connectivity index (χ3v) is 5.86. The predicted octanol–water partition coefficient (Wildman–Crippen LogP) is 8.60. The number of hydrogen-bond acceptors (Lipinski definition) is 2. The van der Waals surface area contributed by atoms with E-state index in [1.54, 1.807) is 18.2 Å². The van der Waals surface area contributed by atoms with Gasteiger partial charge in [0.2, 0.25) is 5.91 Å². The van der Waals surface area contributed by atoms with Gasteiger partial charge in [0, 0.05) is 23.4 Å². The van der Waals surface area contributed by atoms with Crippen LogP contribution in [0.1, 0.15) is 99.9 Å². The Labute approximate surface area is 206 Å². The fourth-order valence-corrected chi connectivity index (χ4v) is 3.89. The molecule has 0 aromatic heterocycles. The molecule has 0 fully saturated rings. The van der Waals surface area contributed by atoms with Gasteiger partial charge < -0.3 is 10.6 Å². The van der Waals surface area contributed by atoms with Crippen LogP contribution in [0.25, 0.3) is 0 Å². The van der Waals surface area contributed by atoms with Crippen molar-refractivity contribution in [3.05, 3.63) is 59.7 Å². The molecular weight excluding hydrogens is 453 g/mol.